The molecule has 0 fully saturated rings. The van der Waals surface area contributed by atoms with Crippen LogP contribution < -0.4 is 14.4 Å². The fraction of sp³-hybridized carbons (Fsp3) is 0.257. The van der Waals surface area contributed by atoms with Crippen LogP contribution in [-0.4, -0.2) is 50.9 Å². The minimum atomic E-state index is -4.26. The molecule has 0 heterocycles. The highest BCUT2D eigenvalue weighted by Gasteiger charge is 2.36. The summed E-state index contributed by atoms with van der Waals surface area (Å²) >= 11 is 6.55. The Hall–Kier alpha value is -4.34. The first-order valence-electron chi connectivity index (χ1n) is 14.6. The average molecular weight is 648 g/mol. The molecule has 0 unspecified atom stereocenters. The Balaban J connectivity index is 1.86. The fourth-order valence-corrected chi connectivity index (χ4v) is 6.61. The molecule has 0 aromatic heterocycles. The van der Waals surface area contributed by atoms with Crippen molar-refractivity contribution in [2.24, 2.45) is 0 Å². The second-order valence-corrected chi connectivity index (χ2v) is 13.3. The van der Waals surface area contributed by atoms with Crippen LogP contribution in [0.15, 0.2) is 108 Å². The van der Waals surface area contributed by atoms with E-state index in [0.29, 0.717) is 10.6 Å². The summed E-state index contributed by atoms with van der Waals surface area (Å²) in [4.78, 5) is 29.8. The summed E-state index contributed by atoms with van der Waals surface area (Å²) in [6.45, 7) is 4.90. The predicted molar refractivity (Wildman–Crippen MR) is 178 cm³/mol. The maximum atomic E-state index is 14.6. The van der Waals surface area contributed by atoms with Crippen molar-refractivity contribution < 1.29 is 22.7 Å². The summed E-state index contributed by atoms with van der Waals surface area (Å²) in [5.41, 5.74) is 2.44. The first-order chi connectivity index (χ1) is 21.5. The van der Waals surface area contributed by atoms with Crippen molar-refractivity contribution >= 4 is 39.1 Å². The van der Waals surface area contributed by atoms with E-state index in [-0.39, 0.29) is 41.2 Å². The van der Waals surface area contributed by atoms with Gasteiger partial charge < -0.3 is 15.0 Å². The average Bonchev–Trinajstić information content (AvgIpc) is 3.02. The first kappa shape index (κ1) is 33.6. The molecule has 45 heavy (non-hydrogen) atoms. The Kier molecular flexibility index (Phi) is 11.3. The summed E-state index contributed by atoms with van der Waals surface area (Å²) in [7, 11) is -2.81. The number of amides is 2. The maximum absolute atomic E-state index is 14.6. The molecule has 0 saturated carbocycles. The van der Waals surface area contributed by atoms with Crippen molar-refractivity contribution in [1.82, 2.24) is 10.2 Å². The number of carbonyl (C=O) groups is 2. The van der Waals surface area contributed by atoms with Crippen LogP contribution in [0.4, 0.5) is 5.69 Å². The van der Waals surface area contributed by atoms with Gasteiger partial charge in [-0.3, -0.25) is 13.9 Å². The minimum absolute atomic E-state index is 0.0115. The summed E-state index contributed by atoms with van der Waals surface area (Å²) in [6, 6.07) is 28.3. The van der Waals surface area contributed by atoms with E-state index >= 15 is 0 Å². The van der Waals surface area contributed by atoms with Crippen LogP contribution in [0.3, 0.4) is 0 Å². The largest absolute Gasteiger partial charge is 0.495 e. The van der Waals surface area contributed by atoms with Crippen LogP contribution >= 0.6 is 11.6 Å². The number of methoxy groups -OCH3 is 1. The molecule has 4 aromatic rings. The Morgan fingerprint density at radius 3 is 2.13 bits per heavy atom. The number of rotatable bonds is 13. The van der Waals surface area contributed by atoms with Crippen molar-refractivity contribution in [1.29, 1.82) is 0 Å². The van der Waals surface area contributed by atoms with Crippen molar-refractivity contribution in [3.8, 4) is 5.75 Å². The zero-order valence-electron chi connectivity index (χ0n) is 25.8. The summed E-state index contributed by atoms with van der Waals surface area (Å²) in [6.07, 6.45) is 0.203. The zero-order chi connectivity index (χ0) is 32.6. The highest BCUT2D eigenvalue weighted by Crippen LogP contribution is 2.34. The van der Waals surface area contributed by atoms with Gasteiger partial charge in [-0.2, -0.15) is 0 Å². The highest BCUT2D eigenvalue weighted by atomic mass is 35.5. The number of benzene rings is 4. The summed E-state index contributed by atoms with van der Waals surface area (Å²) in [5.74, 6) is -0.665. The number of hydrogen-bond acceptors (Lipinski definition) is 5. The van der Waals surface area contributed by atoms with Crippen LogP contribution in [0, 0.1) is 6.92 Å². The molecule has 1 N–H and O–H groups in total. The number of ether oxygens (including phenoxy) is 1. The lowest BCUT2D eigenvalue weighted by Gasteiger charge is -2.34. The molecule has 0 spiro atoms. The molecule has 4 aromatic carbocycles. The second kappa shape index (κ2) is 15.1. The molecule has 0 aliphatic heterocycles. The van der Waals surface area contributed by atoms with E-state index in [1.807, 2.05) is 51.1 Å². The molecule has 2 amide bonds. The predicted octanol–water partition coefficient (Wildman–Crippen LogP) is 6.02. The lowest BCUT2D eigenvalue weighted by Crippen LogP contribution is -2.54. The summed E-state index contributed by atoms with van der Waals surface area (Å²) < 4.78 is 35.1. The van der Waals surface area contributed by atoms with E-state index in [1.165, 1.54) is 24.1 Å². The van der Waals surface area contributed by atoms with Crippen molar-refractivity contribution in [3.05, 3.63) is 125 Å². The molecular weight excluding hydrogens is 610 g/mol. The molecule has 236 valence electrons. The quantitative estimate of drug-likeness (QED) is 0.192. The minimum Gasteiger partial charge on any atom is -0.495 e. The van der Waals surface area contributed by atoms with Gasteiger partial charge in [0.05, 0.1) is 17.7 Å². The van der Waals surface area contributed by atoms with E-state index in [4.69, 9.17) is 16.3 Å². The third-order valence-corrected chi connectivity index (χ3v) is 9.36. The first-order valence-corrected chi connectivity index (χ1v) is 16.4. The van der Waals surface area contributed by atoms with Crippen molar-refractivity contribution in [3.63, 3.8) is 0 Å². The SMILES string of the molecule is COc1ccc(C)cc1N(CC(=O)N(Cc1ccccc1Cl)[C@H](Cc1ccccc1)C(=O)NC(C)C)S(=O)(=O)c1ccccc1. The molecule has 0 bridgehead atoms. The monoisotopic (exact) mass is 647 g/mol. The Morgan fingerprint density at radius 1 is 0.889 bits per heavy atom. The van der Waals surface area contributed by atoms with Gasteiger partial charge in [-0.1, -0.05) is 84.4 Å². The normalized spacial score (nSPS) is 12.0. The van der Waals surface area contributed by atoms with E-state index < -0.39 is 28.5 Å². The van der Waals surface area contributed by atoms with Gasteiger partial charge in [-0.25, -0.2) is 8.42 Å². The molecular formula is C35H38ClN3O5S. The number of halogens is 1. The number of nitrogens with zero attached hydrogens (tertiary/aromatic N) is 2. The van der Waals surface area contributed by atoms with Gasteiger partial charge in [0.1, 0.15) is 18.3 Å². The second-order valence-electron chi connectivity index (χ2n) is 11.0. The Bertz CT molecular complexity index is 1720. The van der Waals surface area contributed by atoms with E-state index in [1.54, 1.807) is 60.7 Å². The molecule has 0 saturated heterocycles. The molecule has 10 heteroatoms. The van der Waals surface area contributed by atoms with E-state index in [0.717, 1.165) is 15.4 Å². The topological polar surface area (TPSA) is 96.0 Å². The number of aryl methyl sites for hydroxylation is 1. The Morgan fingerprint density at radius 2 is 1.51 bits per heavy atom. The molecule has 1 atom stereocenters. The van der Waals surface area contributed by atoms with E-state index in [9.17, 15) is 18.0 Å². The third-order valence-electron chi connectivity index (χ3n) is 7.21. The van der Waals surface area contributed by atoms with Gasteiger partial charge in [0.2, 0.25) is 11.8 Å². The van der Waals surface area contributed by atoms with Crippen LogP contribution in [-0.2, 0) is 32.6 Å². The van der Waals surface area contributed by atoms with Gasteiger partial charge in [0.25, 0.3) is 10.0 Å². The molecule has 4 rings (SSSR count). The van der Waals surface area contributed by atoms with Crippen LogP contribution in [0.5, 0.6) is 5.75 Å². The summed E-state index contributed by atoms with van der Waals surface area (Å²) in [5, 5.41) is 3.37. The van der Waals surface area contributed by atoms with Gasteiger partial charge >= 0.3 is 0 Å². The van der Waals surface area contributed by atoms with Crippen LogP contribution in [0.2, 0.25) is 5.02 Å². The fourth-order valence-electron chi connectivity index (χ4n) is 4.97. The van der Waals surface area contributed by atoms with Gasteiger partial charge in [-0.05, 0) is 67.8 Å². The lowest BCUT2D eigenvalue weighted by molar-refractivity contribution is -0.140. The number of carbonyl (C=O) groups excluding carboxylic acids is 2. The van der Waals surface area contributed by atoms with Crippen LogP contribution in [0.1, 0.15) is 30.5 Å². The maximum Gasteiger partial charge on any atom is 0.264 e. The van der Waals surface area contributed by atoms with Crippen LogP contribution in [0.25, 0.3) is 0 Å². The van der Waals surface area contributed by atoms with Crippen molar-refractivity contribution in [2.45, 2.75) is 50.7 Å². The third kappa shape index (κ3) is 8.44. The molecule has 0 radical (unpaired) electrons. The number of sulfonamides is 1. The number of hydrogen-bond donors (Lipinski definition) is 1. The lowest BCUT2D eigenvalue weighted by atomic mass is 10.0. The van der Waals surface area contributed by atoms with Gasteiger partial charge in [0.15, 0.2) is 0 Å². The van der Waals surface area contributed by atoms with E-state index in [2.05, 4.69) is 5.32 Å². The van der Waals surface area contributed by atoms with Gasteiger partial charge in [0, 0.05) is 24.0 Å². The van der Waals surface area contributed by atoms with Crippen molar-refractivity contribution in [2.75, 3.05) is 18.0 Å². The molecule has 8 nitrogen and oxygen atoms in total. The molecule has 0 aliphatic rings. The zero-order valence-corrected chi connectivity index (χ0v) is 27.4. The number of anilines is 1. The standard InChI is InChI=1S/C35H38ClN3O5S/c1-25(2)37-35(41)32(22-27-13-7-5-8-14-27)38(23-28-15-11-12-18-30(28)36)34(40)24-39(31-21-26(3)19-20-33(31)44-4)45(42,43)29-16-9-6-10-17-29/h5-21,25,32H,22-24H2,1-4H3,(H,37,41)/t32-/m1/s1. The highest BCUT2D eigenvalue weighted by molar-refractivity contribution is 7.92. The van der Waals surface area contributed by atoms with Gasteiger partial charge in [-0.15, -0.1) is 0 Å². The Labute approximate surface area is 270 Å². The molecule has 0 aliphatic carbocycles. The number of nitrogens with one attached hydrogen (secondary N) is 1. The smallest absolute Gasteiger partial charge is 0.264 e.